The Morgan fingerprint density at radius 1 is 1.20 bits per heavy atom. The molecule has 0 bridgehead atoms. The van der Waals surface area contributed by atoms with E-state index in [0.717, 1.165) is 24.3 Å². The fraction of sp³-hybridized carbons (Fsp3) is 0. The number of rotatable bonds is 3. The highest BCUT2D eigenvalue weighted by molar-refractivity contribution is 6.30. The molecule has 0 heterocycles. The molecule has 2 rings (SSSR count). The van der Waals surface area contributed by atoms with Gasteiger partial charge in [0.1, 0.15) is 11.6 Å². The summed E-state index contributed by atoms with van der Waals surface area (Å²) in [4.78, 5) is 10.9. The van der Waals surface area contributed by atoms with Crippen LogP contribution in [0.5, 0.6) is 0 Å². The number of carboxylic acids is 1. The molecule has 0 atom stereocenters. The lowest BCUT2D eigenvalue weighted by Gasteiger charge is -2.10. The highest BCUT2D eigenvalue weighted by Crippen LogP contribution is 2.27. The van der Waals surface area contributed by atoms with Crippen molar-refractivity contribution in [3.63, 3.8) is 0 Å². The van der Waals surface area contributed by atoms with E-state index in [0.29, 0.717) is 0 Å². The number of hydrogen-bond acceptors (Lipinski definition) is 3. The zero-order valence-corrected chi connectivity index (χ0v) is 10.7. The number of carbonyl (C=O) groups is 1. The molecule has 0 saturated carbocycles. The van der Waals surface area contributed by atoms with Crippen LogP contribution >= 0.6 is 11.6 Å². The zero-order chi connectivity index (χ0) is 14.9. The van der Waals surface area contributed by atoms with Gasteiger partial charge in [0.2, 0.25) is 0 Å². The van der Waals surface area contributed by atoms with Crippen LogP contribution in [-0.2, 0) is 0 Å². The Balaban J connectivity index is 2.42. The van der Waals surface area contributed by atoms with E-state index in [2.05, 4.69) is 5.32 Å². The van der Waals surface area contributed by atoms with E-state index in [1.54, 1.807) is 0 Å². The molecule has 0 unspecified atom stereocenters. The summed E-state index contributed by atoms with van der Waals surface area (Å²) in [6.07, 6.45) is 0. The molecule has 7 heteroatoms. The second kappa shape index (κ2) is 5.34. The first-order valence-electron chi connectivity index (χ1n) is 5.42. The van der Waals surface area contributed by atoms with Gasteiger partial charge in [-0.2, -0.15) is 0 Å². The molecule has 4 nitrogen and oxygen atoms in total. The summed E-state index contributed by atoms with van der Waals surface area (Å²) in [5.41, 5.74) is 5.00. The van der Waals surface area contributed by atoms with Crippen LogP contribution in [0.1, 0.15) is 10.4 Å². The van der Waals surface area contributed by atoms with E-state index in [1.807, 2.05) is 0 Å². The average molecular weight is 299 g/mol. The van der Waals surface area contributed by atoms with E-state index in [-0.39, 0.29) is 27.6 Å². The first-order chi connectivity index (χ1) is 9.36. The molecule has 0 aliphatic carbocycles. The molecular formula is C13H9ClF2N2O2. The summed E-state index contributed by atoms with van der Waals surface area (Å²) >= 11 is 5.68. The van der Waals surface area contributed by atoms with Crippen LogP contribution in [0.3, 0.4) is 0 Å². The number of anilines is 3. The molecule has 0 radical (unpaired) electrons. The van der Waals surface area contributed by atoms with Gasteiger partial charge in [-0.3, -0.25) is 0 Å². The minimum absolute atomic E-state index is 0.127. The van der Waals surface area contributed by atoms with Crippen LogP contribution in [0, 0.1) is 11.6 Å². The molecule has 20 heavy (non-hydrogen) atoms. The predicted octanol–water partition coefficient (Wildman–Crippen LogP) is 3.64. The van der Waals surface area contributed by atoms with E-state index >= 15 is 0 Å². The van der Waals surface area contributed by atoms with Gasteiger partial charge in [-0.25, -0.2) is 13.6 Å². The van der Waals surface area contributed by atoms with Crippen molar-refractivity contribution in [3.05, 3.63) is 52.6 Å². The van der Waals surface area contributed by atoms with Crippen LogP contribution in [0.4, 0.5) is 25.8 Å². The maximum absolute atomic E-state index is 13.7. The van der Waals surface area contributed by atoms with Crippen molar-refractivity contribution in [3.8, 4) is 0 Å². The molecule has 104 valence electrons. The van der Waals surface area contributed by atoms with Gasteiger partial charge in [0.15, 0.2) is 0 Å². The van der Waals surface area contributed by atoms with E-state index < -0.39 is 17.6 Å². The molecule has 0 spiro atoms. The van der Waals surface area contributed by atoms with Gasteiger partial charge in [-0.15, -0.1) is 0 Å². The highest BCUT2D eigenvalue weighted by atomic mass is 35.5. The van der Waals surface area contributed by atoms with Crippen LogP contribution in [-0.4, -0.2) is 11.1 Å². The SMILES string of the molecule is Nc1cc(F)c(Nc2cc(F)cc(Cl)c2)cc1C(=O)O. The average Bonchev–Trinajstić information content (AvgIpc) is 2.30. The van der Waals surface area contributed by atoms with E-state index in [4.69, 9.17) is 22.4 Å². The number of aromatic carboxylic acids is 1. The Bertz CT molecular complexity index is 672. The van der Waals surface area contributed by atoms with Gasteiger partial charge in [0, 0.05) is 16.4 Å². The maximum Gasteiger partial charge on any atom is 0.337 e. The lowest BCUT2D eigenvalue weighted by atomic mass is 10.1. The highest BCUT2D eigenvalue weighted by Gasteiger charge is 2.13. The molecule has 0 amide bonds. The first-order valence-corrected chi connectivity index (χ1v) is 5.80. The van der Waals surface area contributed by atoms with Crippen LogP contribution < -0.4 is 11.1 Å². The number of nitrogen functional groups attached to an aromatic ring is 1. The van der Waals surface area contributed by atoms with Crippen LogP contribution in [0.25, 0.3) is 0 Å². The fourth-order valence-electron chi connectivity index (χ4n) is 1.65. The standard InChI is InChI=1S/C13H9ClF2N2O2/c14-6-1-7(15)3-8(2-6)18-12-4-9(13(19)20)11(17)5-10(12)16/h1-5,18H,17H2,(H,19,20). The number of nitrogens with two attached hydrogens (primary N) is 1. The van der Waals surface area contributed by atoms with Gasteiger partial charge in [0.05, 0.1) is 11.3 Å². The fourth-order valence-corrected chi connectivity index (χ4v) is 1.87. The van der Waals surface area contributed by atoms with Crippen LogP contribution in [0.2, 0.25) is 5.02 Å². The molecule has 0 aromatic heterocycles. The summed E-state index contributed by atoms with van der Waals surface area (Å²) in [6.45, 7) is 0. The van der Waals surface area contributed by atoms with Crippen molar-refractivity contribution in [2.45, 2.75) is 0 Å². The van der Waals surface area contributed by atoms with Crippen molar-refractivity contribution in [2.75, 3.05) is 11.1 Å². The Morgan fingerprint density at radius 2 is 1.90 bits per heavy atom. The number of nitrogens with one attached hydrogen (secondary N) is 1. The van der Waals surface area contributed by atoms with Gasteiger partial charge < -0.3 is 16.2 Å². The third-order valence-corrected chi connectivity index (χ3v) is 2.73. The van der Waals surface area contributed by atoms with Crippen molar-refractivity contribution < 1.29 is 18.7 Å². The van der Waals surface area contributed by atoms with Crippen molar-refractivity contribution in [2.24, 2.45) is 0 Å². The molecule has 4 N–H and O–H groups in total. The minimum atomic E-state index is -1.29. The van der Waals surface area contributed by atoms with Crippen molar-refractivity contribution in [1.29, 1.82) is 0 Å². The predicted molar refractivity (Wildman–Crippen MR) is 72.5 cm³/mol. The van der Waals surface area contributed by atoms with Gasteiger partial charge in [-0.05, 0) is 30.3 Å². The number of carboxylic acid groups (broad SMARTS) is 1. The third-order valence-electron chi connectivity index (χ3n) is 2.51. The summed E-state index contributed by atoms with van der Waals surface area (Å²) in [6, 6.07) is 5.48. The van der Waals surface area contributed by atoms with E-state index in [9.17, 15) is 13.6 Å². The second-order valence-corrected chi connectivity index (χ2v) is 4.44. The normalized spacial score (nSPS) is 10.3. The largest absolute Gasteiger partial charge is 0.478 e. The van der Waals surface area contributed by atoms with Gasteiger partial charge in [0.25, 0.3) is 0 Å². The maximum atomic E-state index is 13.7. The monoisotopic (exact) mass is 298 g/mol. The molecule has 2 aromatic rings. The van der Waals surface area contributed by atoms with Gasteiger partial charge >= 0.3 is 5.97 Å². The number of hydrogen-bond donors (Lipinski definition) is 3. The Kier molecular flexibility index (Phi) is 3.76. The van der Waals surface area contributed by atoms with E-state index in [1.165, 1.54) is 6.07 Å². The lowest BCUT2D eigenvalue weighted by Crippen LogP contribution is -2.05. The molecule has 0 saturated heterocycles. The first kappa shape index (κ1) is 14.1. The number of benzene rings is 2. The molecule has 0 aliphatic rings. The zero-order valence-electron chi connectivity index (χ0n) is 9.95. The summed E-state index contributed by atoms with van der Waals surface area (Å²) in [7, 11) is 0. The summed E-state index contributed by atoms with van der Waals surface area (Å²) < 4.78 is 26.9. The third kappa shape index (κ3) is 2.97. The Hall–Kier alpha value is -2.34. The summed E-state index contributed by atoms with van der Waals surface area (Å²) in [5, 5.41) is 11.6. The molecular weight excluding hydrogens is 290 g/mol. The molecule has 2 aromatic carbocycles. The summed E-state index contributed by atoms with van der Waals surface area (Å²) in [5.74, 6) is -2.65. The number of halogens is 3. The smallest absolute Gasteiger partial charge is 0.337 e. The molecule has 0 aliphatic heterocycles. The van der Waals surface area contributed by atoms with Crippen molar-refractivity contribution >= 4 is 34.6 Å². The van der Waals surface area contributed by atoms with Gasteiger partial charge in [-0.1, -0.05) is 11.6 Å². The second-order valence-electron chi connectivity index (χ2n) is 4.01. The van der Waals surface area contributed by atoms with Crippen molar-refractivity contribution in [1.82, 2.24) is 0 Å². The topological polar surface area (TPSA) is 75.3 Å². The van der Waals surface area contributed by atoms with Crippen LogP contribution in [0.15, 0.2) is 30.3 Å². The quantitative estimate of drug-likeness (QED) is 0.756. The minimum Gasteiger partial charge on any atom is -0.478 e. The molecule has 0 fully saturated rings. The lowest BCUT2D eigenvalue weighted by molar-refractivity contribution is 0.0698. The Labute approximate surface area is 117 Å². The Morgan fingerprint density at radius 3 is 2.50 bits per heavy atom.